The van der Waals surface area contributed by atoms with Crippen LogP contribution < -0.4 is 11.1 Å². The number of aromatic nitrogens is 2. The molecular formula is C23H20N4O3. The van der Waals surface area contributed by atoms with Crippen LogP contribution in [-0.4, -0.2) is 33.0 Å². The molecule has 7 heteroatoms. The fourth-order valence-electron chi connectivity index (χ4n) is 4.23. The lowest BCUT2D eigenvalue weighted by molar-refractivity contribution is -0.122. The Morgan fingerprint density at radius 3 is 2.47 bits per heavy atom. The summed E-state index contributed by atoms with van der Waals surface area (Å²) in [6.45, 7) is 1.10. The van der Waals surface area contributed by atoms with Gasteiger partial charge in [0.2, 0.25) is 0 Å². The maximum Gasteiger partial charge on any atom is 0.259 e. The molecule has 0 spiro atoms. The molecule has 3 heterocycles. The zero-order valence-corrected chi connectivity index (χ0v) is 16.1. The topological polar surface area (TPSA) is 113 Å². The third-order valence-electron chi connectivity index (χ3n) is 5.54. The van der Waals surface area contributed by atoms with Crippen molar-refractivity contribution in [2.24, 2.45) is 5.73 Å². The number of rotatable bonds is 5. The molecule has 5 N–H and O–H groups in total. The number of carbonyl (C=O) groups is 2. The maximum atomic E-state index is 12.9. The van der Waals surface area contributed by atoms with Gasteiger partial charge in [-0.05, 0) is 25.1 Å². The number of nitrogens with one attached hydrogen (secondary N) is 2. The van der Waals surface area contributed by atoms with Crippen molar-refractivity contribution in [2.45, 2.75) is 13.0 Å². The predicted octanol–water partition coefficient (Wildman–Crippen LogP) is 2.74. The second-order valence-electron chi connectivity index (χ2n) is 7.33. The summed E-state index contributed by atoms with van der Waals surface area (Å²) < 4.78 is 1.89. The van der Waals surface area contributed by atoms with Crippen LogP contribution in [0, 0.1) is 0 Å². The van der Waals surface area contributed by atoms with Crippen LogP contribution in [0.3, 0.4) is 0 Å². The molecule has 0 unspecified atom stereocenters. The number of aryl methyl sites for hydroxylation is 1. The minimum atomic E-state index is -0.443. The Balaban J connectivity index is 1.81. The number of benzene rings is 2. The number of nitrogens with two attached hydrogens (primary N) is 1. The van der Waals surface area contributed by atoms with Crippen molar-refractivity contribution in [1.82, 2.24) is 14.9 Å². The van der Waals surface area contributed by atoms with E-state index in [0.717, 1.165) is 17.3 Å². The van der Waals surface area contributed by atoms with Gasteiger partial charge in [0.15, 0.2) is 0 Å². The third-order valence-corrected chi connectivity index (χ3v) is 5.54. The number of carbonyl (C=O) groups excluding carboxylic acids is 2. The van der Waals surface area contributed by atoms with Gasteiger partial charge in [-0.2, -0.15) is 0 Å². The van der Waals surface area contributed by atoms with E-state index in [1.807, 2.05) is 41.1 Å². The molecule has 7 nitrogen and oxygen atoms in total. The van der Waals surface area contributed by atoms with E-state index in [1.165, 1.54) is 0 Å². The van der Waals surface area contributed by atoms with Crippen molar-refractivity contribution in [3.05, 3.63) is 66.0 Å². The number of H-pyrrole nitrogens is 1. The molecule has 5 rings (SSSR count). The Labute approximate surface area is 171 Å². The first-order valence-corrected chi connectivity index (χ1v) is 9.78. The number of amides is 2. The highest BCUT2D eigenvalue weighted by Gasteiger charge is 2.35. The fourth-order valence-corrected chi connectivity index (χ4v) is 4.23. The standard InChI is InChI=1S/C23H20N4O3/c24-9-4-10-27-12-16(14-6-3-8-18(28)21(14)27)20-19(22(29)26-23(20)30)15-11-25-17-7-2-1-5-13(15)17/h1-3,5-8,11-12,25,28H,4,9-10,24H2,(H,26,29,30). The van der Waals surface area contributed by atoms with Gasteiger partial charge < -0.3 is 20.4 Å². The van der Waals surface area contributed by atoms with Crippen LogP contribution in [0.5, 0.6) is 5.75 Å². The first-order valence-electron chi connectivity index (χ1n) is 9.78. The number of phenolic OH excluding ortho intramolecular Hbond substituents is 1. The molecule has 0 fully saturated rings. The minimum absolute atomic E-state index is 0.120. The molecule has 0 saturated carbocycles. The number of para-hydroxylation sites is 2. The third kappa shape index (κ3) is 2.63. The van der Waals surface area contributed by atoms with Crippen molar-refractivity contribution < 1.29 is 14.7 Å². The van der Waals surface area contributed by atoms with E-state index in [9.17, 15) is 14.7 Å². The summed E-state index contributed by atoms with van der Waals surface area (Å²) in [4.78, 5) is 28.9. The zero-order valence-electron chi connectivity index (χ0n) is 16.1. The number of phenols is 1. The summed E-state index contributed by atoms with van der Waals surface area (Å²) in [6.07, 6.45) is 4.29. The van der Waals surface area contributed by atoms with E-state index in [1.54, 1.807) is 18.3 Å². The molecule has 1 aliphatic heterocycles. The molecule has 2 aromatic carbocycles. The van der Waals surface area contributed by atoms with Crippen LogP contribution in [0.2, 0.25) is 0 Å². The van der Waals surface area contributed by atoms with Gasteiger partial charge in [0, 0.05) is 46.4 Å². The number of hydrogen-bond acceptors (Lipinski definition) is 4. The molecular weight excluding hydrogens is 380 g/mol. The van der Waals surface area contributed by atoms with Gasteiger partial charge in [-0.25, -0.2) is 0 Å². The monoisotopic (exact) mass is 400 g/mol. The second kappa shape index (κ2) is 6.89. The molecule has 0 saturated heterocycles. The van der Waals surface area contributed by atoms with Gasteiger partial charge in [-0.1, -0.05) is 30.3 Å². The van der Waals surface area contributed by atoms with E-state index in [2.05, 4.69) is 10.3 Å². The largest absolute Gasteiger partial charge is 0.506 e. The van der Waals surface area contributed by atoms with Crippen LogP contribution >= 0.6 is 0 Å². The number of aromatic hydroxyl groups is 1. The lowest BCUT2D eigenvalue weighted by atomic mass is 9.95. The number of nitrogens with zero attached hydrogens (tertiary/aromatic N) is 1. The van der Waals surface area contributed by atoms with Crippen molar-refractivity contribution in [3.8, 4) is 5.75 Å². The highest BCUT2D eigenvalue weighted by Crippen LogP contribution is 2.39. The first-order chi connectivity index (χ1) is 14.6. The maximum absolute atomic E-state index is 12.9. The molecule has 2 amide bonds. The predicted molar refractivity (Wildman–Crippen MR) is 116 cm³/mol. The highest BCUT2D eigenvalue weighted by molar-refractivity contribution is 6.50. The molecule has 4 aromatic rings. The number of aromatic amines is 1. The summed E-state index contributed by atoms with van der Waals surface area (Å²) in [5.41, 5.74) is 9.11. The van der Waals surface area contributed by atoms with Crippen LogP contribution in [0.4, 0.5) is 0 Å². The zero-order chi connectivity index (χ0) is 20.8. The average Bonchev–Trinajstić information content (AvgIpc) is 3.40. The fraction of sp³-hybridized carbons (Fsp3) is 0.130. The van der Waals surface area contributed by atoms with E-state index in [-0.39, 0.29) is 5.75 Å². The molecule has 2 aromatic heterocycles. The number of imide groups is 1. The molecule has 0 radical (unpaired) electrons. The quantitative estimate of drug-likeness (QED) is 0.386. The van der Waals surface area contributed by atoms with E-state index >= 15 is 0 Å². The van der Waals surface area contributed by atoms with Gasteiger partial charge in [-0.3, -0.25) is 14.9 Å². The van der Waals surface area contributed by atoms with Crippen LogP contribution in [-0.2, 0) is 16.1 Å². The molecule has 0 bridgehead atoms. The second-order valence-corrected chi connectivity index (χ2v) is 7.33. The summed E-state index contributed by atoms with van der Waals surface area (Å²) in [5.74, 6) is -0.751. The first kappa shape index (κ1) is 18.2. The number of hydrogen-bond donors (Lipinski definition) is 4. The van der Waals surface area contributed by atoms with Gasteiger partial charge in [0.1, 0.15) is 5.75 Å². The van der Waals surface area contributed by atoms with Crippen LogP contribution in [0.25, 0.3) is 33.0 Å². The molecule has 0 aliphatic carbocycles. The smallest absolute Gasteiger partial charge is 0.259 e. The van der Waals surface area contributed by atoms with Crippen LogP contribution in [0.15, 0.2) is 54.9 Å². The minimum Gasteiger partial charge on any atom is -0.506 e. The summed E-state index contributed by atoms with van der Waals surface area (Å²) in [5, 5.41) is 14.5. The average molecular weight is 400 g/mol. The number of fused-ring (bicyclic) bond motifs is 2. The van der Waals surface area contributed by atoms with Crippen molar-refractivity contribution >= 4 is 44.8 Å². The molecule has 1 aliphatic rings. The van der Waals surface area contributed by atoms with Gasteiger partial charge in [0.25, 0.3) is 11.8 Å². The summed E-state index contributed by atoms with van der Waals surface area (Å²) in [6, 6.07) is 12.8. The molecule has 0 atom stereocenters. The van der Waals surface area contributed by atoms with Crippen molar-refractivity contribution in [2.75, 3.05) is 6.54 Å². The summed E-state index contributed by atoms with van der Waals surface area (Å²) >= 11 is 0. The Kier molecular flexibility index (Phi) is 4.18. The van der Waals surface area contributed by atoms with E-state index < -0.39 is 11.8 Å². The SMILES string of the molecule is NCCCn1cc(C2=C(c3c[nH]c4ccccc34)C(=O)NC2=O)c2cccc(O)c21. The van der Waals surface area contributed by atoms with Crippen LogP contribution in [0.1, 0.15) is 17.5 Å². The van der Waals surface area contributed by atoms with Gasteiger partial charge in [-0.15, -0.1) is 0 Å². The Morgan fingerprint density at radius 2 is 1.67 bits per heavy atom. The molecule has 150 valence electrons. The van der Waals surface area contributed by atoms with Crippen molar-refractivity contribution in [3.63, 3.8) is 0 Å². The Bertz CT molecular complexity index is 1360. The highest BCUT2D eigenvalue weighted by atomic mass is 16.3. The Hall–Kier alpha value is -3.84. The lowest BCUT2D eigenvalue weighted by Gasteiger charge is -2.04. The van der Waals surface area contributed by atoms with E-state index in [4.69, 9.17) is 5.73 Å². The molecule has 30 heavy (non-hydrogen) atoms. The van der Waals surface area contributed by atoms with Gasteiger partial charge >= 0.3 is 0 Å². The van der Waals surface area contributed by atoms with Crippen molar-refractivity contribution in [1.29, 1.82) is 0 Å². The normalized spacial score (nSPS) is 14.3. The van der Waals surface area contributed by atoms with E-state index in [0.29, 0.717) is 46.3 Å². The summed E-state index contributed by atoms with van der Waals surface area (Å²) in [7, 11) is 0. The van der Waals surface area contributed by atoms with Gasteiger partial charge in [0.05, 0.1) is 16.7 Å². The lowest BCUT2D eigenvalue weighted by Crippen LogP contribution is -2.22. The Morgan fingerprint density at radius 1 is 0.933 bits per heavy atom.